The zero-order valence-electron chi connectivity index (χ0n) is 21.4. The molecule has 1 saturated heterocycles. The third-order valence-corrected chi connectivity index (χ3v) is 8.62. The maximum atomic E-state index is 12.7. The number of carbonyl (C=O) groups is 1. The second kappa shape index (κ2) is 11.6. The summed E-state index contributed by atoms with van der Waals surface area (Å²) < 4.78 is 2.30. The fourth-order valence-electron chi connectivity index (χ4n) is 6.58. The molecule has 1 aromatic carbocycles. The molecule has 2 aromatic rings. The highest BCUT2D eigenvalue weighted by atomic mass is 16.2. The van der Waals surface area contributed by atoms with Crippen LogP contribution >= 0.6 is 0 Å². The average molecular weight is 478 g/mol. The van der Waals surface area contributed by atoms with Gasteiger partial charge in [0, 0.05) is 30.7 Å². The van der Waals surface area contributed by atoms with Crippen molar-refractivity contribution in [3.05, 3.63) is 53.3 Å². The van der Waals surface area contributed by atoms with E-state index in [4.69, 9.17) is 5.10 Å². The van der Waals surface area contributed by atoms with E-state index in [0.717, 1.165) is 57.8 Å². The van der Waals surface area contributed by atoms with Gasteiger partial charge in [0.1, 0.15) is 0 Å². The number of benzene rings is 1. The molecule has 190 valence electrons. The lowest BCUT2D eigenvalue weighted by Crippen LogP contribution is -2.43. The van der Waals surface area contributed by atoms with E-state index in [1.54, 1.807) is 0 Å². The van der Waals surface area contributed by atoms with Crippen LogP contribution in [0.5, 0.6) is 0 Å². The number of nitrogens with one attached hydrogen (secondary N) is 2. The number of amides is 2. The molecule has 0 spiro atoms. The molecule has 35 heavy (non-hydrogen) atoms. The first-order valence-electron chi connectivity index (χ1n) is 14.1. The topological polar surface area (TPSA) is 62.2 Å². The van der Waals surface area contributed by atoms with E-state index in [9.17, 15) is 4.79 Å². The van der Waals surface area contributed by atoms with Crippen LogP contribution in [0.25, 0.3) is 0 Å². The van der Waals surface area contributed by atoms with Gasteiger partial charge < -0.3 is 15.5 Å². The number of rotatable bonds is 8. The van der Waals surface area contributed by atoms with Crippen molar-refractivity contribution in [3.63, 3.8) is 0 Å². The highest BCUT2D eigenvalue weighted by Crippen LogP contribution is 2.39. The minimum Gasteiger partial charge on any atom is -0.335 e. The Labute approximate surface area is 210 Å². The molecule has 3 aliphatic rings. The molecule has 3 heterocycles. The van der Waals surface area contributed by atoms with Crippen molar-refractivity contribution < 1.29 is 4.79 Å². The number of hydrogen-bond acceptors (Lipinski definition) is 3. The number of fused-ring (bicyclic) bond motifs is 1. The molecule has 2 N–H and O–H groups in total. The number of aryl methyl sites for hydroxylation is 2. The van der Waals surface area contributed by atoms with Gasteiger partial charge in [0.05, 0.1) is 11.7 Å². The number of aromatic nitrogens is 2. The van der Waals surface area contributed by atoms with Crippen molar-refractivity contribution in [2.45, 2.75) is 95.7 Å². The van der Waals surface area contributed by atoms with Gasteiger partial charge in [0.15, 0.2) is 0 Å². The molecule has 1 saturated carbocycles. The quantitative estimate of drug-likeness (QED) is 0.534. The summed E-state index contributed by atoms with van der Waals surface area (Å²) in [6, 6.07) is 13.2. The summed E-state index contributed by atoms with van der Waals surface area (Å²) >= 11 is 0. The summed E-state index contributed by atoms with van der Waals surface area (Å²) in [5.41, 5.74) is 3.94. The van der Waals surface area contributed by atoms with E-state index in [2.05, 4.69) is 57.5 Å². The molecule has 0 bridgehead atoms. The predicted octanol–water partition coefficient (Wildman–Crippen LogP) is 5.41. The molecule has 2 aliphatic heterocycles. The molecule has 2 amide bonds. The molecule has 1 unspecified atom stereocenters. The van der Waals surface area contributed by atoms with Gasteiger partial charge in [-0.15, -0.1) is 0 Å². The third-order valence-electron chi connectivity index (χ3n) is 8.62. The predicted molar refractivity (Wildman–Crippen MR) is 140 cm³/mol. The van der Waals surface area contributed by atoms with E-state index >= 15 is 0 Å². The summed E-state index contributed by atoms with van der Waals surface area (Å²) in [6.07, 6.45) is 11.8. The number of urea groups is 1. The molecule has 6 nitrogen and oxygen atoms in total. The number of piperidine rings is 1. The van der Waals surface area contributed by atoms with Gasteiger partial charge in [-0.3, -0.25) is 4.68 Å². The number of nitrogens with zero attached hydrogens (tertiary/aromatic N) is 3. The second-order valence-electron chi connectivity index (χ2n) is 10.9. The summed E-state index contributed by atoms with van der Waals surface area (Å²) in [5, 5.41) is 11.3. The van der Waals surface area contributed by atoms with Crippen molar-refractivity contribution in [2.75, 3.05) is 19.6 Å². The van der Waals surface area contributed by atoms with E-state index in [-0.39, 0.29) is 12.1 Å². The van der Waals surface area contributed by atoms with Gasteiger partial charge in [-0.2, -0.15) is 5.10 Å². The number of carbonyl (C=O) groups excluding carboxylic acids is 1. The van der Waals surface area contributed by atoms with Crippen molar-refractivity contribution in [3.8, 4) is 0 Å². The standard InChI is InChI=1S/C29H43N5O/c1-2-24-21-28-26(13-8-17-34(28)32-24)22-14-18-33(19-15-22)20-16-27(23-9-4-3-5-10-23)31-29(35)30-25-11-6-7-12-25/h3-5,9-10,21-22,25-27H,2,6-8,11-20H2,1H3,(H2,30,31,35)/t26?,27-/m0/s1. The van der Waals surface area contributed by atoms with Gasteiger partial charge in [0.2, 0.25) is 0 Å². The minimum absolute atomic E-state index is 0.00943. The lowest BCUT2D eigenvalue weighted by molar-refractivity contribution is 0.151. The molecule has 2 atom stereocenters. The van der Waals surface area contributed by atoms with Crippen molar-refractivity contribution in [2.24, 2.45) is 5.92 Å². The highest BCUT2D eigenvalue weighted by molar-refractivity contribution is 5.74. The van der Waals surface area contributed by atoms with Crippen LogP contribution in [0.3, 0.4) is 0 Å². The van der Waals surface area contributed by atoms with Crippen molar-refractivity contribution in [1.82, 2.24) is 25.3 Å². The first-order chi connectivity index (χ1) is 17.2. The first-order valence-corrected chi connectivity index (χ1v) is 14.1. The maximum absolute atomic E-state index is 12.7. The normalized spacial score (nSPS) is 22.6. The van der Waals surface area contributed by atoms with Crippen LogP contribution in [0.1, 0.15) is 93.6 Å². The number of hydrogen-bond donors (Lipinski definition) is 2. The Hall–Kier alpha value is -2.34. The van der Waals surface area contributed by atoms with Gasteiger partial charge >= 0.3 is 6.03 Å². The second-order valence-corrected chi connectivity index (χ2v) is 10.9. The highest BCUT2D eigenvalue weighted by Gasteiger charge is 2.32. The minimum atomic E-state index is -0.00943. The van der Waals surface area contributed by atoms with Gasteiger partial charge in [-0.25, -0.2) is 4.79 Å². The summed E-state index contributed by atoms with van der Waals surface area (Å²) in [4.78, 5) is 15.3. The lowest BCUT2D eigenvalue weighted by atomic mass is 9.78. The van der Waals surface area contributed by atoms with Crippen LogP contribution in [0.2, 0.25) is 0 Å². The molecule has 1 aliphatic carbocycles. The maximum Gasteiger partial charge on any atom is 0.315 e. The zero-order chi connectivity index (χ0) is 24.0. The SMILES string of the molecule is CCc1cc2n(n1)CCCC2C1CCN(CC[C@H](NC(=O)NC2CCCC2)c2ccccc2)CC1. The summed E-state index contributed by atoms with van der Waals surface area (Å²) in [6.45, 7) is 6.64. The average Bonchev–Trinajstić information content (AvgIpc) is 3.57. The van der Waals surface area contributed by atoms with Crippen LogP contribution in [-0.4, -0.2) is 46.4 Å². The van der Waals surface area contributed by atoms with E-state index in [0.29, 0.717) is 12.0 Å². The Morgan fingerprint density at radius 3 is 2.54 bits per heavy atom. The fourth-order valence-corrected chi connectivity index (χ4v) is 6.58. The molecule has 6 heteroatoms. The summed E-state index contributed by atoms with van der Waals surface area (Å²) in [5.74, 6) is 1.45. The molecular weight excluding hydrogens is 434 g/mol. The molecular formula is C29H43N5O. The Kier molecular flexibility index (Phi) is 8.07. The Morgan fingerprint density at radius 1 is 1.03 bits per heavy atom. The smallest absolute Gasteiger partial charge is 0.315 e. The fraction of sp³-hybridized carbons (Fsp3) is 0.655. The van der Waals surface area contributed by atoms with Gasteiger partial charge in [-0.05, 0) is 82.0 Å². The van der Waals surface area contributed by atoms with Gasteiger partial charge in [0.25, 0.3) is 0 Å². The van der Waals surface area contributed by atoms with Gasteiger partial charge in [-0.1, -0.05) is 50.1 Å². The van der Waals surface area contributed by atoms with Crippen molar-refractivity contribution >= 4 is 6.03 Å². The number of likely N-dealkylation sites (tertiary alicyclic amines) is 1. The third kappa shape index (κ3) is 6.08. The van der Waals surface area contributed by atoms with E-state index in [1.807, 2.05) is 6.07 Å². The van der Waals surface area contributed by atoms with Crippen LogP contribution in [0.15, 0.2) is 36.4 Å². The monoisotopic (exact) mass is 477 g/mol. The van der Waals surface area contributed by atoms with E-state index in [1.165, 1.54) is 55.5 Å². The zero-order valence-corrected chi connectivity index (χ0v) is 21.4. The first kappa shape index (κ1) is 24.4. The van der Waals surface area contributed by atoms with Crippen molar-refractivity contribution in [1.29, 1.82) is 0 Å². The van der Waals surface area contributed by atoms with E-state index < -0.39 is 0 Å². The van der Waals surface area contributed by atoms with Crippen LogP contribution < -0.4 is 10.6 Å². The summed E-state index contributed by atoms with van der Waals surface area (Å²) in [7, 11) is 0. The largest absolute Gasteiger partial charge is 0.335 e. The molecule has 1 aromatic heterocycles. The molecule has 5 rings (SSSR count). The Morgan fingerprint density at radius 2 is 1.80 bits per heavy atom. The van der Waals surface area contributed by atoms with Crippen LogP contribution in [-0.2, 0) is 13.0 Å². The molecule has 0 radical (unpaired) electrons. The van der Waals surface area contributed by atoms with Crippen LogP contribution in [0.4, 0.5) is 4.79 Å². The Balaban J connectivity index is 1.14. The lowest BCUT2D eigenvalue weighted by Gasteiger charge is -2.38. The molecule has 2 fully saturated rings. The Bertz CT molecular complexity index is 943. The van der Waals surface area contributed by atoms with Crippen LogP contribution in [0, 0.1) is 5.92 Å².